The van der Waals surface area contributed by atoms with Crippen LogP contribution < -0.4 is 5.73 Å². The standard InChI is InChI=1S/C18H24N2O/c1-11-4-7-14(8-5-11)17-16(18(19)20-21-17)15-9-6-12(2)13(3)10-15/h6,9-11,14H,4-5,7-8H2,1-3H3,(H2,19,20). The minimum absolute atomic E-state index is 0.461. The summed E-state index contributed by atoms with van der Waals surface area (Å²) in [6.45, 7) is 6.58. The van der Waals surface area contributed by atoms with Gasteiger partial charge in [-0.2, -0.15) is 0 Å². The van der Waals surface area contributed by atoms with Gasteiger partial charge in [0.25, 0.3) is 0 Å². The second-order valence-corrected chi connectivity index (χ2v) is 6.56. The molecular weight excluding hydrogens is 260 g/mol. The van der Waals surface area contributed by atoms with Gasteiger partial charge in [0.2, 0.25) is 0 Å². The van der Waals surface area contributed by atoms with Crippen molar-refractivity contribution in [2.24, 2.45) is 5.92 Å². The van der Waals surface area contributed by atoms with Gasteiger partial charge in [0, 0.05) is 5.92 Å². The zero-order valence-electron chi connectivity index (χ0n) is 13.1. The molecule has 0 radical (unpaired) electrons. The highest BCUT2D eigenvalue weighted by Gasteiger charge is 2.27. The first-order valence-corrected chi connectivity index (χ1v) is 7.89. The number of nitrogens with two attached hydrogens (primary N) is 1. The fourth-order valence-corrected chi connectivity index (χ4v) is 3.30. The Morgan fingerprint density at radius 3 is 2.48 bits per heavy atom. The van der Waals surface area contributed by atoms with Gasteiger partial charge in [0.1, 0.15) is 5.76 Å². The highest BCUT2D eigenvalue weighted by molar-refractivity contribution is 5.76. The summed E-state index contributed by atoms with van der Waals surface area (Å²) < 4.78 is 5.62. The molecule has 1 aromatic carbocycles. The van der Waals surface area contributed by atoms with Crippen molar-refractivity contribution in [2.45, 2.75) is 52.4 Å². The number of nitrogen functional groups attached to an aromatic ring is 1. The molecule has 21 heavy (non-hydrogen) atoms. The summed E-state index contributed by atoms with van der Waals surface area (Å²) in [4.78, 5) is 0. The lowest BCUT2D eigenvalue weighted by Gasteiger charge is -2.24. The number of hydrogen-bond acceptors (Lipinski definition) is 3. The molecule has 0 amide bonds. The zero-order chi connectivity index (χ0) is 15.0. The van der Waals surface area contributed by atoms with Crippen LogP contribution in [0.25, 0.3) is 11.1 Å². The molecule has 1 saturated carbocycles. The predicted octanol–water partition coefficient (Wildman–Crippen LogP) is 4.83. The molecule has 0 saturated heterocycles. The van der Waals surface area contributed by atoms with Crippen LogP contribution >= 0.6 is 0 Å². The maximum absolute atomic E-state index is 6.09. The maximum atomic E-state index is 6.09. The van der Waals surface area contributed by atoms with Gasteiger partial charge in [0.05, 0.1) is 5.56 Å². The van der Waals surface area contributed by atoms with Crippen LogP contribution in [0.2, 0.25) is 0 Å². The Labute approximate surface area is 126 Å². The van der Waals surface area contributed by atoms with Crippen molar-refractivity contribution in [3.63, 3.8) is 0 Å². The largest absolute Gasteiger partial charge is 0.380 e. The first-order valence-electron chi connectivity index (χ1n) is 7.89. The Kier molecular flexibility index (Phi) is 3.75. The van der Waals surface area contributed by atoms with Gasteiger partial charge in [-0.3, -0.25) is 0 Å². The number of benzene rings is 1. The summed E-state index contributed by atoms with van der Waals surface area (Å²) in [7, 11) is 0. The molecular formula is C18H24N2O. The summed E-state index contributed by atoms with van der Waals surface area (Å²) in [5.74, 6) is 2.80. The van der Waals surface area contributed by atoms with E-state index in [1.807, 2.05) is 0 Å². The molecule has 0 bridgehead atoms. The van der Waals surface area contributed by atoms with Gasteiger partial charge in [-0.1, -0.05) is 43.1 Å². The van der Waals surface area contributed by atoms with E-state index in [9.17, 15) is 0 Å². The number of anilines is 1. The molecule has 1 heterocycles. The van der Waals surface area contributed by atoms with Gasteiger partial charge in [-0.15, -0.1) is 0 Å². The normalized spacial score (nSPS) is 22.4. The average Bonchev–Trinajstić information content (AvgIpc) is 2.85. The maximum Gasteiger partial charge on any atom is 0.175 e. The van der Waals surface area contributed by atoms with E-state index >= 15 is 0 Å². The van der Waals surface area contributed by atoms with Crippen molar-refractivity contribution >= 4 is 5.82 Å². The summed E-state index contributed by atoms with van der Waals surface area (Å²) in [5.41, 5.74) is 10.8. The van der Waals surface area contributed by atoms with Crippen LogP contribution in [-0.4, -0.2) is 5.16 Å². The molecule has 3 rings (SSSR count). The second kappa shape index (κ2) is 5.55. The van der Waals surface area contributed by atoms with E-state index < -0.39 is 0 Å². The molecule has 3 nitrogen and oxygen atoms in total. The third-order valence-electron chi connectivity index (χ3n) is 4.93. The van der Waals surface area contributed by atoms with Crippen molar-refractivity contribution in [1.29, 1.82) is 0 Å². The lowest BCUT2D eigenvalue weighted by atomic mass is 9.80. The first-order chi connectivity index (χ1) is 10.1. The molecule has 0 aliphatic heterocycles. The van der Waals surface area contributed by atoms with Gasteiger partial charge in [-0.05, 0) is 49.3 Å². The SMILES string of the molecule is Cc1ccc(-c2c(N)noc2C2CCC(C)CC2)cc1C. The van der Waals surface area contributed by atoms with Crippen LogP contribution in [0.1, 0.15) is 55.4 Å². The minimum atomic E-state index is 0.461. The molecule has 2 N–H and O–H groups in total. The Hall–Kier alpha value is -1.77. The predicted molar refractivity (Wildman–Crippen MR) is 86.2 cm³/mol. The Morgan fingerprint density at radius 1 is 1.10 bits per heavy atom. The fourth-order valence-electron chi connectivity index (χ4n) is 3.30. The first kappa shape index (κ1) is 14.2. The van der Waals surface area contributed by atoms with Crippen molar-refractivity contribution in [2.75, 3.05) is 5.73 Å². The van der Waals surface area contributed by atoms with E-state index in [1.165, 1.54) is 36.8 Å². The molecule has 0 unspecified atom stereocenters. The summed E-state index contributed by atoms with van der Waals surface area (Å²) in [6.07, 6.45) is 4.87. The van der Waals surface area contributed by atoms with Crippen molar-refractivity contribution < 1.29 is 4.52 Å². The van der Waals surface area contributed by atoms with Crippen LogP contribution in [0.5, 0.6) is 0 Å². The van der Waals surface area contributed by atoms with E-state index in [1.54, 1.807) is 0 Å². The quantitative estimate of drug-likeness (QED) is 0.859. The monoisotopic (exact) mass is 284 g/mol. The second-order valence-electron chi connectivity index (χ2n) is 6.56. The summed E-state index contributed by atoms with van der Waals surface area (Å²) in [6, 6.07) is 6.46. The van der Waals surface area contributed by atoms with Crippen LogP contribution in [0.15, 0.2) is 22.7 Å². The highest BCUT2D eigenvalue weighted by Crippen LogP contribution is 2.42. The molecule has 1 aliphatic rings. The molecule has 112 valence electrons. The molecule has 1 aliphatic carbocycles. The smallest absolute Gasteiger partial charge is 0.175 e. The van der Waals surface area contributed by atoms with Crippen LogP contribution in [0.3, 0.4) is 0 Å². The number of rotatable bonds is 2. The zero-order valence-corrected chi connectivity index (χ0v) is 13.1. The Morgan fingerprint density at radius 2 is 1.81 bits per heavy atom. The number of aryl methyl sites for hydroxylation is 2. The van der Waals surface area contributed by atoms with E-state index in [0.29, 0.717) is 11.7 Å². The van der Waals surface area contributed by atoms with E-state index in [2.05, 4.69) is 44.1 Å². The van der Waals surface area contributed by atoms with E-state index in [0.717, 1.165) is 22.8 Å². The lowest BCUT2D eigenvalue weighted by molar-refractivity contribution is 0.289. The van der Waals surface area contributed by atoms with Crippen LogP contribution in [0, 0.1) is 19.8 Å². The van der Waals surface area contributed by atoms with Gasteiger partial charge < -0.3 is 10.3 Å². The topological polar surface area (TPSA) is 52.0 Å². The summed E-state index contributed by atoms with van der Waals surface area (Å²) >= 11 is 0. The molecule has 1 aromatic heterocycles. The molecule has 0 spiro atoms. The Balaban J connectivity index is 1.98. The van der Waals surface area contributed by atoms with Crippen molar-refractivity contribution in [1.82, 2.24) is 5.16 Å². The third-order valence-corrected chi connectivity index (χ3v) is 4.93. The molecule has 0 atom stereocenters. The lowest BCUT2D eigenvalue weighted by Crippen LogP contribution is -2.11. The number of hydrogen-bond donors (Lipinski definition) is 1. The van der Waals surface area contributed by atoms with Crippen LogP contribution in [-0.2, 0) is 0 Å². The van der Waals surface area contributed by atoms with E-state index in [4.69, 9.17) is 10.3 Å². The van der Waals surface area contributed by atoms with E-state index in [-0.39, 0.29) is 0 Å². The average molecular weight is 284 g/mol. The van der Waals surface area contributed by atoms with Gasteiger partial charge >= 0.3 is 0 Å². The summed E-state index contributed by atoms with van der Waals surface area (Å²) in [5, 5.41) is 4.04. The fraction of sp³-hybridized carbons (Fsp3) is 0.500. The third kappa shape index (κ3) is 2.69. The molecule has 3 heteroatoms. The van der Waals surface area contributed by atoms with Crippen molar-refractivity contribution in [3.8, 4) is 11.1 Å². The molecule has 1 fully saturated rings. The van der Waals surface area contributed by atoms with Gasteiger partial charge in [-0.25, -0.2) is 0 Å². The van der Waals surface area contributed by atoms with Crippen molar-refractivity contribution in [3.05, 3.63) is 35.1 Å². The van der Waals surface area contributed by atoms with Crippen LogP contribution in [0.4, 0.5) is 5.82 Å². The van der Waals surface area contributed by atoms with Gasteiger partial charge in [0.15, 0.2) is 5.82 Å². The highest BCUT2D eigenvalue weighted by atomic mass is 16.5. The number of aromatic nitrogens is 1. The molecule has 2 aromatic rings. The Bertz CT molecular complexity index is 637. The minimum Gasteiger partial charge on any atom is -0.380 e. The number of nitrogens with zero attached hydrogens (tertiary/aromatic N) is 1.